The Balaban J connectivity index is 0.00000256. The van der Waals surface area contributed by atoms with Crippen LogP contribution >= 0.6 is 12.4 Å². The van der Waals surface area contributed by atoms with E-state index < -0.39 is 0 Å². The number of nitrogens with zero attached hydrogens (tertiary/aromatic N) is 4. The number of rotatable bonds is 2. The van der Waals surface area contributed by atoms with Crippen LogP contribution in [0.3, 0.4) is 0 Å². The number of hydrogen-bond acceptors (Lipinski definition) is 3. The Morgan fingerprint density at radius 1 is 1.00 bits per heavy atom. The van der Waals surface area contributed by atoms with Crippen LogP contribution in [0.25, 0.3) is 0 Å². The highest BCUT2D eigenvalue weighted by Gasteiger charge is 2.48. The minimum Gasteiger partial charge on any atom is -0.342 e. The van der Waals surface area contributed by atoms with Gasteiger partial charge in [0.2, 0.25) is 5.91 Å². The maximum Gasteiger partial charge on any atom is 0.319 e. The second-order valence-electron chi connectivity index (χ2n) is 9.35. The van der Waals surface area contributed by atoms with Crippen molar-refractivity contribution in [2.24, 2.45) is 17.8 Å². The van der Waals surface area contributed by atoms with E-state index in [0.29, 0.717) is 36.9 Å². The fourth-order valence-corrected chi connectivity index (χ4v) is 5.68. The average Bonchev–Trinajstić information content (AvgIpc) is 3.24. The lowest BCUT2D eigenvalue weighted by atomic mass is 9.88. The normalized spacial score (nSPS) is 27.0. The van der Waals surface area contributed by atoms with E-state index in [1.54, 1.807) is 19.0 Å². The van der Waals surface area contributed by atoms with Gasteiger partial charge in [-0.2, -0.15) is 0 Å². The highest BCUT2D eigenvalue weighted by atomic mass is 35.5. The lowest BCUT2D eigenvalue weighted by molar-refractivity contribution is -0.136. The number of likely N-dealkylation sites (tertiary alicyclic amines) is 3. The van der Waals surface area contributed by atoms with E-state index in [9.17, 15) is 9.59 Å². The van der Waals surface area contributed by atoms with Crippen LogP contribution in [0.4, 0.5) is 4.79 Å². The summed E-state index contributed by atoms with van der Waals surface area (Å²) in [6, 6.07) is 9.13. The lowest BCUT2D eigenvalue weighted by Gasteiger charge is -2.35. The van der Waals surface area contributed by atoms with Gasteiger partial charge in [-0.1, -0.05) is 24.3 Å². The third-order valence-electron chi connectivity index (χ3n) is 7.21. The fraction of sp³-hybridized carbons (Fsp3) is 0.652. The molecule has 4 rings (SSSR count). The van der Waals surface area contributed by atoms with Crippen LogP contribution in [0.5, 0.6) is 0 Å². The van der Waals surface area contributed by atoms with Crippen LogP contribution < -0.4 is 0 Å². The van der Waals surface area contributed by atoms with E-state index in [4.69, 9.17) is 0 Å². The van der Waals surface area contributed by atoms with Gasteiger partial charge < -0.3 is 14.7 Å². The number of carbonyl (C=O) groups excluding carboxylic acids is 2. The van der Waals surface area contributed by atoms with Crippen molar-refractivity contribution in [3.63, 3.8) is 0 Å². The highest BCUT2D eigenvalue weighted by molar-refractivity contribution is 5.85. The molecular formula is C23H35ClN4O2. The molecule has 0 unspecified atom stereocenters. The second-order valence-corrected chi connectivity index (χ2v) is 9.35. The topological polar surface area (TPSA) is 47.1 Å². The number of halogens is 1. The molecule has 3 amide bonds. The highest BCUT2D eigenvalue weighted by Crippen LogP contribution is 2.45. The Kier molecular flexibility index (Phi) is 6.98. The summed E-state index contributed by atoms with van der Waals surface area (Å²) >= 11 is 0. The molecule has 0 bridgehead atoms. The van der Waals surface area contributed by atoms with Gasteiger partial charge in [0.1, 0.15) is 0 Å². The van der Waals surface area contributed by atoms with Gasteiger partial charge in [-0.3, -0.25) is 9.69 Å². The van der Waals surface area contributed by atoms with Crippen molar-refractivity contribution in [1.29, 1.82) is 0 Å². The quantitative estimate of drug-likeness (QED) is 0.719. The summed E-state index contributed by atoms with van der Waals surface area (Å²) in [6.45, 7) is 6.36. The first kappa shape index (κ1) is 22.9. The molecule has 166 valence electrons. The molecule has 1 aromatic rings. The Morgan fingerprint density at radius 3 is 2.30 bits per heavy atom. The van der Waals surface area contributed by atoms with Crippen molar-refractivity contribution < 1.29 is 9.59 Å². The molecule has 0 spiro atoms. The molecule has 3 fully saturated rings. The van der Waals surface area contributed by atoms with Crippen LogP contribution in [0.2, 0.25) is 0 Å². The van der Waals surface area contributed by atoms with Crippen molar-refractivity contribution in [1.82, 2.24) is 19.6 Å². The third-order valence-corrected chi connectivity index (χ3v) is 7.21. The molecule has 0 N–H and O–H groups in total. The molecule has 3 atom stereocenters. The first-order chi connectivity index (χ1) is 13.9. The van der Waals surface area contributed by atoms with Crippen molar-refractivity contribution in [3.05, 3.63) is 35.4 Å². The van der Waals surface area contributed by atoms with Gasteiger partial charge in [-0.05, 0) is 43.9 Å². The third kappa shape index (κ3) is 4.17. The molecule has 3 aliphatic heterocycles. The zero-order valence-corrected chi connectivity index (χ0v) is 19.4. The number of hydrogen-bond donors (Lipinski definition) is 0. The summed E-state index contributed by atoms with van der Waals surface area (Å²) in [5.74, 6) is 1.45. The summed E-state index contributed by atoms with van der Waals surface area (Å²) in [4.78, 5) is 33.5. The van der Waals surface area contributed by atoms with Gasteiger partial charge in [-0.25, -0.2) is 4.79 Å². The predicted molar refractivity (Wildman–Crippen MR) is 121 cm³/mol. The Hall–Kier alpha value is -1.79. The Morgan fingerprint density at radius 2 is 1.67 bits per heavy atom. The Labute approximate surface area is 186 Å². The van der Waals surface area contributed by atoms with Gasteiger partial charge in [-0.15, -0.1) is 12.4 Å². The van der Waals surface area contributed by atoms with Crippen molar-refractivity contribution >= 4 is 24.3 Å². The van der Waals surface area contributed by atoms with Gasteiger partial charge in [0.25, 0.3) is 0 Å². The SMILES string of the molecule is Cc1ccccc1[C@H]1[C@@H]2CN(C(=O)C3CCN(C(=O)N(C)C)CC3)C[C@@H]2CN1C.Cl. The monoisotopic (exact) mass is 434 g/mol. The molecule has 3 saturated heterocycles. The van der Waals surface area contributed by atoms with E-state index in [-0.39, 0.29) is 24.4 Å². The summed E-state index contributed by atoms with van der Waals surface area (Å²) in [7, 11) is 5.79. The molecule has 0 aromatic heterocycles. The molecule has 7 heteroatoms. The predicted octanol–water partition coefficient (Wildman–Crippen LogP) is 2.87. The zero-order valence-electron chi connectivity index (χ0n) is 18.6. The van der Waals surface area contributed by atoms with Crippen molar-refractivity contribution in [2.45, 2.75) is 25.8 Å². The van der Waals surface area contributed by atoms with Crippen LogP contribution in [0.1, 0.15) is 30.0 Å². The van der Waals surface area contributed by atoms with Crippen LogP contribution in [-0.4, -0.2) is 85.4 Å². The molecule has 6 nitrogen and oxygen atoms in total. The number of amides is 3. The van der Waals surface area contributed by atoms with E-state index >= 15 is 0 Å². The van der Waals surface area contributed by atoms with E-state index in [1.165, 1.54) is 11.1 Å². The van der Waals surface area contributed by atoms with Crippen LogP contribution in [0, 0.1) is 24.7 Å². The standard InChI is InChI=1S/C23H34N4O2.ClH/c1-16-7-5-6-8-19(16)21-20-15-27(14-18(20)13-25(21)4)22(28)17-9-11-26(12-10-17)23(29)24(2)3;/h5-8,17-18,20-21H,9-15H2,1-4H3;1H/t18-,20+,21-;/m0./s1. The summed E-state index contributed by atoms with van der Waals surface area (Å²) in [6.07, 6.45) is 1.57. The van der Waals surface area contributed by atoms with Crippen molar-refractivity contribution in [3.8, 4) is 0 Å². The number of urea groups is 1. The molecule has 3 aliphatic rings. The zero-order chi connectivity index (χ0) is 20.7. The van der Waals surface area contributed by atoms with Crippen molar-refractivity contribution in [2.75, 3.05) is 53.9 Å². The molecule has 0 aliphatic carbocycles. The average molecular weight is 435 g/mol. The van der Waals surface area contributed by atoms with Gasteiger partial charge >= 0.3 is 6.03 Å². The smallest absolute Gasteiger partial charge is 0.319 e. The molecule has 0 radical (unpaired) electrons. The second kappa shape index (κ2) is 9.15. The van der Waals surface area contributed by atoms with Crippen LogP contribution in [0.15, 0.2) is 24.3 Å². The minimum absolute atomic E-state index is 0. The van der Waals surface area contributed by atoms with Gasteiger partial charge in [0.15, 0.2) is 0 Å². The number of aryl methyl sites for hydroxylation is 1. The van der Waals surface area contributed by atoms with Gasteiger partial charge in [0.05, 0.1) is 0 Å². The summed E-state index contributed by atoms with van der Waals surface area (Å²) < 4.78 is 0. The summed E-state index contributed by atoms with van der Waals surface area (Å²) in [5, 5.41) is 0. The number of piperidine rings is 1. The van der Waals surface area contributed by atoms with Crippen LogP contribution in [-0.2, 0) is 4.79 Å². The fourth-order valence-electron chi connectivity index (χ4n) is 5.68. The minimum atomic E-state index is 0. The summed E-state index contributed by atoms with van der Waals surface area (Å²) in [5.41, 5.74) is 2.75. The number of carbonyl (C=O) groups is 2. The van der Waals surface area contributed by atoms with E-state index in [2.05, 4.69) is 48.0 Å². The lowest BCUT2D eigenvalue weighted by Crippen LogP contribution is -2.47. The van der Waals surface area contributed by atoms with E-state index in [1.807, 2.05) is 4.90 Å². The first-order valence-electron chi connectivity index (χ1n) is 10.9. The maximum atomic E-state index is 13.2. The Bertz CT molecular complexity index is 778. The number of benzene rings is 1. The molecule has 3 heterocycles. The molecule has 1 aromatic carbocycles. The largest absolute Gasteiger partial charge is 0.342 e. The van der Waals surface area contributed by atoms with Gasteiger partial charge in [0, 0.05) is 64.7 Å². The molecule has 0 saturated carbocycles. The first-order valence-corrected chi connectivity index (χ1v) is 10.9. The van der Waals surface area contributed by atoms with E-state index in [0.717, 1.165) is 32.5 Å². The maximum absolute atomic E-state index is 13.2. The molecular weight excluding hydrogens is 400 g/mol. The molecule has 30 heavy (non-hydrogen) atoms. The number of fused-ring (bicyclic) bond motifs is 1.